The fraction of sp³-hybridized carbons (Fsp3) is 0.750. The van der Waals surface area contributed by atoms with E-state index in [0.29, 0.717) is 32.8 Å². The van der Waals surface area contributed by atoms with Gasteiger partial charge in [-0.3, -0.25) is 24.4 Å². The van der Waals surface area contributed by atoms with Gasteiger partial charge in [-0.05, 0) is 0 Å². The number of ether oxygens (including phenoxy) is 1. The van der Waals surface area contributed by atoms with Gasteiger partial charge in [0.15, 0.2) is 5.78 Å². The molecule has 9 nitrogen and oxygen atoms in total. The highest BCUT2D eigenvalue weighted by Gasteiger charge is 2.34. The number of hydrogen-bond donors (Lipinski definition) is 2. The lowest BCUT2D eigenvalue weighted by atomic mass is 9.86. The highest BCUT2D eigenvalue weighted by molar-refractivity contribution is 6.15. The van der Waals surface area contributed by atoms with Gasteiger partial charge in [0.25, 0.3) is 0 Å². The summed E-state index contributed by atoms with van der Waals surface area (Å²) in [4.78, 5) is 35.6. The number of aliphatic hydroxyl groups is 2. The van der Waals surface area contributed by atoms with E-state index in [0.717, 1.165) is 39.3 Å². The van der Waals surface area contributed by atoms with Gasteiger partial charge in [-0.2, -0.15) is 0 Å². The number of β-amino-alcohol motifs (C(OH)–C–C–N with tert-alkyl or cyclic N) is 1. The Bertz CT molecular complexity index is 637. The topological polar surface area (TPSA) is 106 Å². The van der Waals surface area contributed by atoms with Crippen molar-refractivity contribution in [1.29, 1.82) is 0 Å². The Morgan fingerprint density at radius 3 is 2.34 bits per heavy atom. The average Bonchev–Trinajstić information content (AvgIpc) is 2.74. The Morgan fingerprint density at radius 1 is 1.07 bits per heavy atom. The largest absolute Gasteiger partial charge is 0.511 e. The Morgan fingerprint density at radius 2 is 1.72 bits per heavy atom. The van der Waals surface area contributed by atoms with Gasteiger partial charge >= 0.3 is 0 Å². The van der Waals surface area contributed by atoms with Gasteiger partial charge in [-0.25, -0.2) is 0 Å². The molecular weight excluding hydrogens is 376 g/mol. The lowest BCUT2D eigenvalue weighted by Crippen LogP contribution is -2.47. The first-order valence-electron chi connectivity index (χ1n) is 10.5. The van der Waals surface area contributed by atoms with Crippen LogP contribution in [-0.4, -0.2) is 122 Å². The van der Waals surface area contributed by atoms with Crippen LogP contribution < -0.4 is 0 Å². The monoisotopic (exact) mass is 408 g/mol. The number of aliphatic imine (C=N–C) groups is 1. The van der Waals surface area contributed by atoms with Crippen molar-refractivity contribution in [2.45, 2.75) is 12.8 Å². The lowest BCUT2D eigenvalue weighted by molar-refractivity contribution is -0.141. The number of ketones is 1. The van der Waals surface area contributed by atoms with Crippen molar-refractivity contribution in [1.82, 2.24) is 14.7 Å². The van der Waals surface area contributed by atoms with E-state index in [9.17, 15) is 14.7 Å². The lowest BCUT2D eigenvalue weighted by Gasteiger charge is -2.33. The van der Waals surface area contributed by atoms with Crippen molar-refractivity contribution >= 4 is 17.9 Å². The van der Waals surface area contributed by atoms with Crippen LogP contribution in [0.2, 0.25) is 0 Å². The Hall–Kier alpha value is -1.81. The minimum atomic E-state index is -0.493. The molecule has 2 saturated heterocycles. The number of morpholine rings is 1. The van der Waals surface area contributed by atoms with Gasteiger partial charge in [0, 0.05) is 71.4 Å². The summed E-state index contributed by atoms with van der Waals surface area (Å²) in [5.41, 5.74) is 0.240. The Labute approximate surface area is 171 Å². The fourth-order valence-electron chi connectivity index (χ4n) is 4.01. The number of rotatable bonds is 7. The van der Waals surface area contributed by atoms with Gasteiger partial charge in [0.2, 0.25) is 5.91 Å². The third-order valence-corrected chi connectivity index (χ3v) is 5.80. The minimum absolute atomic E-state index is 0.0331. The molecule has 0 spiro atoms. The first-order chi connectivity index (χ1) is 14.1. The second kappa shape index (κ2) is 10.8. The van der Waals surface area contributed by atoms with Gasteiger partial charge in [-0.1, -0.05) is 0 Å². The summed E-state index contributed by atoms with van der Waals surface area (Å²) in [6.07, 6.45) is 1.78. The number of aliphatic hydroxyl groups excluding tert-OH is 2. The molecule has 0 radical (unpaired) electrons. The number of nitrogens with zero attached hydrogens (tertiary/aromatic N) is 4. The van der Waals surface area contributed by atoms with Crippen LogP contribution in [0.5, 0.6) is 0 Å². The van der Waals surface area contributed by atoms with E-state index in [1.54, 1.807) is 4.90 Å². The highest BCUT2D eigenvalue weighted by atomic mass is 16.5. The number of allylic oxidation sites excluding steroid dienone is 2. The van der Waals surface area contributed by atoms with E-state index in [1.165, 1.54) is 6.21 Å². The summed E-state index contributed by atoms with van der Waals surface area (Å²) in [5, 5.41) is 19.3. The quantitative estimate of drug-likeness (QED) is 0.538. The van der Waals surface area contributed by atoms with Crippen LogP contribution in [0.4, 0.5) is 0 Å². The van der Waals surface area contributed by atoms with Crippen LogP contribution in [0.1, 0.15) is 12.8 Å². The number of Topliss-reactive ketones (excluding diaryl/α,β-unsaturated/α-hetero) is 1. The molecule has 3 aliphatic rings. The van der Waals surface area contributed by atoms with Crippen LogP contribution in [0.15, 0.2) is 16.3 Å². The van der Waals surface area contributed by atoms with E-state index in [2.05, 4.69) is 14.8 Å². The maximum atomic E-state index is 12.6. The van der Waals surface area contributed by atoms with Crippen LogP contribution in [-0.2, 0) is 14.3 Å². The van der Waals surface area contributed by atoms with E-state index in [4.69, 9.17) is 9.84 Å². The highest BCUT2D eigenvalue weighted by Crippen LogP contribution is 2.27. The molecule has 1 atom stereocenters. The number of piperazine rings is 1. The zero-order valence-corrected chi connectivity index (χ0v) is 17.0. The van der Waals surface area contributed by atoms with Gasteiger partial charge in [0.1, 0.15) is 5.76 Å². The van der Waals surface area contributed by atoms with E-state index in [-0.39, 0.29) is 42.5 Å². The number of amides is 1. The summed E-state index contributed by atoms with van der Waals surface area (Å²) in [5.74, 6) is -0.826. The normalized spacial score (nSPS) is 25.2. The molecule has 0 aromatic rings. The molecule has 2 N–H and O–H groups in total. The van der Waals surface area contributed by atoms with Crippen LogP contribution in [0, 0.1) is 5.92 Å². The summed E-state index contributed by atoms with van der Waals surface area (Å²) in [7, 11) is 0. The standard InChI is InChI=1S/C20H32N4O5/c25-10-7-23-5-3-22(4-6-23)2-1-21-15-17-18(26)13-16(14-19(17)27)20(28)24-8-11-29-12-9-24/h15-16,25-26H,1-14H2. The Kier molecular flexibility index (Phi) is 8.17. The molecule has 2 heterocycles. The SMILES string of the molecule is O=C1CC(C(=O)N2CCOCC2)CC(O)=C1C=NCCN1CCN(CCO)CC1. The van der Waals surface area contributed by atoms with Crippen molar-refractivity contribution in [3.63, 3.8) is 0 Å². The van der Waals surface area contributed by atoms with Gasteiger partial charge in [-0.15, -0.1) is 0 Å². The first kappa shape index (κ1) is 21.9. The molecule has 2 fully saturated rings. The zero-order valence-electron chi connectivity index (χ0n) is 17.0. The summed E-state index contributed by atoms with van der Waals surface area (Å²) in [6.45, 7) is 8.12. The fourth-order valence-corrected chi connectivity index (χ4v) is 4.01. The molecule has 1 aliphatic carbocycles. The summed E-state index contributed by atoms with van der Waals surface area (Å²) in [6, 6.07) is 0. The molecule has 0 saturated carbocycles. The average molecular weight is 408 g/mol. The number of carbonyl (C=O) groups excluding carboxylic acids is 2. The number of hydrogen-bond acceptors (Lipinski definition) is 8. The van der Waals surface area contributed by atoms with Gasteiger partial charge in [0.05, 0.1) is 37.9 Å². The molecule has 0 aromatic carbocycles. The maximum absolute atomic E-state index is 12.6. The minimum Gasteiger partial charge on any atom is -0.511 e. The molecule has 162 valence electrons. The maximum Gasteiger partial charge on any atom is 0.226 e. The molecular formula is C20H32N4O5. The van der Waals surface area contributed by atoms with E-state index < -0.39 is 5.92 Å². The van der Waals surface area contributed by atoms with Crippen LogP contribution in [0.25, 0.3) is 0 Å². The molecule has 9 heteroatoms. The van der Waals surface area contributed by atoms with Crippen molar-refractivity contribution in [2.24, 2.45) is 10.9 Å². The molecule has 3 rings (SSSR count). The second-order valence-corrected chi connectivity index (χ2v) is 7.77. The van der Waals surface area contributed by atoms with Crippen molar-refractivity contribution in [2.75, 3.05) is 78.7 Å². The smallest absolute Gasteiger partial charge is 0.226 e. The molecule has 0 bridgehead atoms. The third-order valence-electron chi connectivity index (χ3n) is 5.80. The van der Waals surface area contributed by atoms with Gasteiger partial charge < -0.3 is 19.8 Å². The molecule has 1 unspecified atom stereocenters. The van der Waals surface area contributed by atoms with Crippen LogP contribution >= 0.6 is 0 Å². The van der Waals surface area contributed by atoms with Crippen molar-refractivity contribution in [3.05, 3.63) is 11.3 Å². The molecule has 29 heavy (non-hydrogen) atoms. The Balaban J connectivity index is 1.45. The second-order valence-electron chi connectivity index (χ2n) is 7.77. The zero-order chi connectivity index (χ0) is 20.6. The third kappa shape index (κ3) is 6.08. The first-order valence-corrected chi connectivity index (χ1v) is 10.5. The predicted octanol–water partition coefficient (Wildman–Crippen LogP) is -0.683. The van der Waals surface area contributed by atoms with Crippen molar-refractivity contribution < 1.29 is 24.5 Å². The van der Waals surface area contributed by atoms with Crippen LogP contribution in [0.3, 0.4) is 0 Å². The summed E-state index contributed by atoms with van der Waals surface area (Å²) < 4.78 is 5.26. The molecule has 0 aromatic heterocycles. The predicted molar refractivity (Wildman–Crippen MR) is 108 cm³/mol. The number of carbonyl (C=O) groups is 2. The molecule has 1 amide bonds. The van der Waals surface area contributed by atoms with E-state index >= 15 is 0 Å². The summed E-state index contributed by atoms with van der Waals surface area (Å²) >= 11 is 0. The van der Waals surface area contributed by atoms with Crippen molar-refractivity contribution in [3.8, 4) is 0 Å². The molecule has 2 aliphatic heterocycles. The van der Waals surface area contributed by atoms with E-state index in [1.807, 2.05) is 0 Å².